The minimum atomic E-state index is -0.754. The molecule has 1 aliphatic heterocycles. The van der Waals surface area contributed by atoms with E-state index in [0.717, 1.165) is 18.4 Å². The van der Waals surface area contributed by atoms with Gasteiger partial charge < -0.3 is 9.84 Å². The molecule has 19 heavy (non-hydrogen) atoms. The molecule has 0 amide bonds. The van der Waals surface area contributed by atoms with E-state index < -0.39 is 12.1 Å². The van der Waals surface area contributed by atoms with Gasteiger partial charge in [0.25, 0.3) is 0 Å². The van der Waals surface area contributed by atoms with E-state index >= 15 is 0 Å². The van der Waals surface area contributed by atoms with Gasteiger partial charge in [-0.25, -0.2) is 4.79 Å². The van der Waals surface area contributed by atoms with Crippen LogP contribution >= 0.6 is 0 Å². The number of carbonyl (C=O) groups is 2. The van der Waals surface area contributed by atoms with E-state index in [0.29, 0.717) is 30.8 Å². The highest BCUT2D eigenvalue weighted by molar-refractivity contribution is 5.92. The summed E-state index contributed by atoms with van der Waals surface area (Å²) in [6.45, 7) is 6.15. The van der Waals surface area contributed by atoms with Crippen molar-refractivity contribution in [3.05, 3.63) is 11.1 Å². The highest BCUT2D eigenvalue weighted by atomic mass is 16.5. The summed E-state index contributed by atoms with van der Waals surface area (Å²) < 4.78 is 4.86. The monoisotopic (exact) mass is 268 g/mol. The summed E-state index contributed by atoms with van der Waals surface area (Å²) in [7, 11) is 0. The molecule has 0 aromatic heterocycles. The molecule has 4 heteroatoms. The zero-order chi connectivity index (χ0) is 14.4. The van der Waals surface area contributed by atoms with E-state index in [4.69, 9.17) is 4.74 Å². The Hall–Kier alpha value is -1.16. The van der Waals surface area contributed by atoms with Crippen molar-refractivity contribution in [3.8, 4) is 0 Å². The van der Waals surface area contributed by atoms with Crippen LogP contribution in [0.3, 0.4) is 0 Å². The Balaban J connectivity index is 2.25. The smallest absolute Gasteiger partial charge is 0.337 e. The highest BCUT2D eigenvalue weighted by Crippen LogP contribution is 2.22. The first kappa shape index (κ1) is 15.9. The van der Waals surface area contributed by atoms with Crippen molar-refractivity contribution in [1.82, 2.24) is 0 Å². The normalized spacial score (nSPS) is 17.0. The predicted molar refractivity (Wildman–Crippen MR) is 72.6 cm³/mol. The third kappa shape index (κ3) is 5.15. The first-order valence-electron chi connectivity index (χ1n) is 6.98. The Morgan fingerprint density at radius 2 is 2.05 bits per heavy atom. The van der Waals surface area contributed by atoms with Crippen LogP contribution in [0.25, 0.3) is 0 Å². The zero-order valence-electron chi connectivity index (χ0n) is 12.1. The summed E-state index contributed by atoms with van der Waals surface area (Å²) in [5.41, 5.74) is 1.22. The number of aliphatic hydroxyl groups is 1. The number of cyclic esters (lactones) is 1. The molecular weight excluding hydrogens is 244 g/mol. The second-order valence-corrected chi connectivity index (χ2v) is 5.67. The molecule has 1 aliphatic rings. The third-order valence-electron chi connectivity index (χ3n) is 3.25. The molecule has 108 valence electrons. The highest BCUT2D eigenvalue weighted by Gasteiger charge is 2.27. The lowest BCUT2D eigenvalue weighted by molar-refractivity contribution is -0.137. The van der Waals surface area contributed by atoms with Gasteiger partial charge in [0, 0.05) is 12.8 Å². The Labute approximate surface area is 114 Å². The van der Waals surface area contributed by atoms with Crippen LogP contribution in [0.2, 0.25) is 0 Å². The molecule has 0 fully saturated rings. The maximum atomic E-state index is 11.5. The SMILES string of the molecule is CC1=C(C(O)CCCCC(=O)CC(C)C)C(=O)OC1. The summed E-state index contributed by atoms with van der Waals surface area (Å²) in [5, 5.41) is 9.96. The number of rotatable bonds is 8. The molecule has 0 bridgehead atoms. The summed E-state index contributed by atoms with van der Waals surface area (Å²) in [4.78, 5) is 22.9. The number of unbranched alkanes of at least 4 members (excludes halogenated alkanes) is 1. The summed E-state index contributed by atoms with van der Waals surface area (Å²) in [6, 6.07) is 0. The van der Waals surface area contributed by atoms with E-state index in [1.54, 1.807) is 6.92 Å². The Morgan fingerprint density at radius 1 is 1.37 bits per heavy atom. The Bertz CT molecular complexity index is 368. The van der Waals surface area contributed by atoms with Crippen LogP contribution in [0.4, 0.5) is 0 Å². The molecule has 0 aliphatic carbocycles. The first-order valence-corrected chi connectivity index (χ1v) is 6.98. The van der Waals surface area contributed by atoms with Crippen molar-refractivity contribution < 1.29 is 19.4 Å². The average molecular weight is 268 g/mol. The van der Waals surface area contributed by atoms with E-state index in [-0.39, 0.29) is 12.4 Å². The van der Waals surface area contributed by atoms with Gasteiger partial charge in [0.15, 0.2) is 0 Å². The molecule has 0 aromatic rings. The van der Waals surface area contributed by atoms with Gasteiger partial charge in [-0.2, -0.15) is 0 Å². The Morgan fingerprint density at radius 3 is 2.58 bits per heavy atom. The van der Waals surface area contributed by atoms with Crippen LogP contribution in [-0.4, -0.2) is 29.6 Å². The van der Waals surface area contributed by atoms with Crippen LogP contribution in [0.1, 0.15) is 52.9 Å². The van der Waals surface area contributed by atoms with Crippen LogP contribution < -0.4 is 0 Å². The van der Waals surface area contributed by atoms with Crippen molar-refractivity contribution in [2.45, 2.75) is 59.0 Å². The van der Waals surface area contributed by atoms with Crippen LogP contribution in [0.15, 0.2) is 11.1 Å². The quantitative estimate of drug-likeness (QED) is 0.542. The van der Waals surface area contributed by atoms with Gasteiger partial charge >= 0.3 is 5.97 Å². The maximum absolute atomic E-state index is 11.5. The maximum Gasteiger partial charge on any atom is 0.337 e. The molecule has 0 spiro atoms. The molecule has 1 heterocycles. The summed E-state index contributed by atoms with van der Waals surface area (Å²) in [6.07, 6.45) is 2.46. The molecule has 1 rings (SSSR count). The van der Waals surface area contributed by atoms with E-state index in [2.05, 4.69) is 0 Å². The van der Waals surface area contributed by atoms with Crippen molar-refractivity contribution in [2.75, 3.05) is 6.61 Å². The lowest BCUT2D eigenvalue weighted by Crippen LogP contribution is -2.16. The summed E-state index contributed by atoms with van der Waals surface area (Å²) >= 11 is 0. The first-order chi connectivity index (χ1) is 8.91. The molecule has 0 saturated carbocycles. The third-order valence-corrected chi connectivity index (χ3v) is 3.25. The number of hydrogen-bond acceptors (Lipinski definition) is 4. The average Bonchev–Trinajstić information content (AvgIpc) is 2.63. The van der Waals surface area contributed by atoms with Gasteiger partial charge in [-0.1, -0.05) is 20.3 Å². The van der Waals surface area contributed by atoms with Crippen molar-refractivity contribution in [2.24, 2.45) is 5.92 Å². The van der Waals surface area contributed by atoms with Gasteiger partial charge in [-0.3, -0.25) is 4.79 Å². The van der Waals surface area contributed by atoms with Crippen LogP contribution in [0, 0.1) is 5.92 Å². The van der Waals surface area contributed by atoms with Crippen LogP contribution in [-0.2, 0) is 14.3 Å². The topological polar surface area (TPSA) is 63.6 Å². The van der Waals surface area contributed by atoms with Gasteiger partial charge in [0.2, 0.25) is 0 Å². The number of hydrogen-bond donors (Lipinski definition) is 1. The second kappa shape index (κ2) is 7.43. The van der Waals surface area contributed by atoms with E-state index in [1.165, 1.54) is 0 Å². The van der Waals surface area contributed by atoms with Gasteiger partial charge in [-0.05, 0) is 31.3 Å². The second-order valence-electron chi connectivity index (χ2n) is 5.67. The number of Topliss-reactive ketones (excluding diaryl/α,β-unsaturated/α-hetero) is 1. The number of ether oxygens (including phenoxy) is 1. The number of carbonyl (C=O) groups excluding carboxylic acids is 2. The van der Waals surface area contributed by atoms with Crippen molar-refractivity contribution in [3.63, 3.8) is 0 Å². The van der Waals surface area contributed by atoms with E-state index in [9.17, 15) is 14.7 Å². The van der Waals surface area contributed by atoms with Crippen molar-refractivity contribution >= 4 is 11.8 Å². The fraction of sp³-hybridized carbons (Fsp3) is 0.733. The van der Waals surface area contributed by atoms with Crippen LogP contribution in [0.5, 0.6) is 0 Å². The largest absolute Gasteiger partial charge is 0.458 e. The number of aliphatic hydroxyl groups excluding tert-OH is 1. The molecule has 1 atom stereocenters. The van der Waals surface area contributed by atoms with E-state index in [1.807, 2.05) is 13.8 Å². The molecular formula is C15H24O4. The standard InChI is InChI=1S/C15H24O4/c1-10(2)8-12(16)6-4-5-7-13(17)14-11(3)9-19-15(14)18/h10,13,17H,4-9H2,1-3H3. The molecule has 0 aromatic carbocycles. The minimum absolute atomic E-state index is 0.278. The molecule has 0 saturated heterocycles. The Kier molecular flexibility index (Phi) is 6.22. The molecule has 4 nitrogen and oxygen atoms in total. The van der Waals surface area contributed by atoms with Gasteiger partial charge in [-0.15, -0.1) is 0 Å². The van der Waals surface area contributed by atoms with Gasteiger partial charge in [0.05, 0.1) is 11.7 Å². The zero-order valence-corrected chi connectivity index (χ0v) is 12.1. The lowest BCUT2D eigenvalue weighted by Gasteiger charge is -2.10. The fourth-order valence-electron chi connectivity index (χ4n) is 2.29. The predicted octanol–water partition coefficient (Wildman–Crippen LogP) is 2.40. The van der Waals surface area contributed by atoms with Gasteiger partial charge in [0.1, 0.15) is 12.4 Å². The fourth-order valence-corrected chi connectivity index (χ4v) is 2.29. The van der Waals surface area contributed by atoms with Crippen molar-refractivity contribution in [1.29, 1.82) is 0 Å². The number of esters is 1. The lowest BCUT2D eigenvalue weighted by atomic mass is 9.98. The molecule has 1 N–H and O–H groups in total. The minimum Gasteiger partial charge on any atom is -0.458 e. The summed E-state index contributed by atoms with van der Waals surface area (Å²) in [5.74, 6) is 0.278. The molecule has 1 unspecified atom stereocenters. The number of ketones is 1. The molecule has 0 radical (unpaired) electrons.